The molecular weight excluding hydrogens is 412 g/mol. The SMILES string of the molecule is CN(Cc1ccoc1)CC(C)(C)c1cc(-c2nc(-c3ccc(Cl)c(O)c3)c[nH]2)ccn1. The summed E-state index contributed by atoms with van der Waals surface area (Å²) in [6.07, 6.45) is 7.11. The van der Waals surface area contributed by atoms with Crippen molar-refractivity contribution in [1.82, 2.24) is 19.9 Å². The molecule has 0 atom stereocenters. The maximum atomic E-state index is 9.88. The van der Waals surface area contributed by atoms with Gasteiger partial charge in [0.15, 0.2) is 0 Å². The molecule has 0 amide bonds. The fourth-order valence-electron chi connectivity index (χ4n) is 3.74. The number of nitrogens with one attached hydrogen (secondary N) is 1. The van der Waals surface area contributed by atoms with E-state index in [0.29, 0.717) is 5.02 Å². The van der Waals surface area contributed by atoms with Gasteiger partial charge >= 0.3 is 0 Å². The van der Waals surface area contributed by atoms with Gasteiger partial charge in [-0.3, -0.25) is 4.98 Å². The number of pyridine rings is 1. The Morgan fingerprint density at radius 2 is 2.00 bits per heavy atom. The van der Waals surface area contributed by atoms with Crippen LogP contribution in [0.5, 0.6) is 5.75 Å². The Bertz CT molecular complexity index is 1170. The summed E-state index contributed by atoms with van der Waals surface area (Å²) in [5.41, 5.74) is 4.47. The van der Waals surface area contributed by atoms with Crippen molar-refractivity contribution >= 4 is 11.6 Å². The minimum Gasteiger partial charge on any atom is -0.506 e. The van der Waals surface area contributed by atoms with Crippen LogP contribution >= 0.6 is 11.6 Å². The van der Waals surface area contributed by atoms with Crippen molar-refractivity contribution in [2.24, 2.45) is 0 Å². The van der Waals surface area contributed by atoms with Crippen LogP contribution < -0.4 is 0 Å². The van der Waals surface area contributed by atoms with Gasteiger partial charge in [-0.1, -0.05) is 31.5 Å². The molecule has 7 heteroatoms. The predicted octanol–water partition coefficient (Wildman–Crippen LogP) is 5.50. The maximum absolute atomic E-state index is 9.88. The molecule has 31 heavy (non-hydrogen) atoms. The monoisotopic (exact) mass is 436 g/mol. The Balaban J connectivity index is 1.54. The average Bonchev–Trinajstić information content (AvgIpc) is 3.42. The third-order valence-electron chi connectivity index (χ3n) is 5.24. The standard InChI is InChI=1S/C24H25ClN4O2/c1-24(2,15-29(3)13-16-7-9-31-14-16)22-11-18(6-8-26-22)23-27-12-20(28-23)17-4-5-19(25)21(30)10-17/h4-12,14,30H,13,15H2,1-3H3,(H,27,28). The summed E-state index contributed by atoms with van der Waals surface area (Å²) in [5.74, 6) is 0.784. The summed E-state index contributed by atoms with van der Waals surface area (Å²) < 4.78 is 5.17. The van der Waals surface area contributed by atoms with Crippen molar-refractivity contribution in [2.45, 2.75) is 25.8 Å². The number of likely N-dealkylation sites (N-methyl/N-ethyl adjacent to an activating group) is 1. The molecule has 0 aliphatic carbocycles. The molecule has 2 N–H and O–H groups in total. The van der Waals surface area contributed by atoms with Gasteiger partial charge < -0.3 is 19.4 Å². The molecule has 0 bridgehead atoms. The summed E-state index contributed by atoms with van der Waals surface area (Å²) >= 11 is 5.91. The van der Waals surface area contributed by atoms with E-state index in [4.69, 9.17) is 21.0 Å². The fraction of sp³-hybridized carbons (Fsp3) is 0.250. The molecule has 1 aromatic carbocycles. The van der Waals surface area contributed by atoms with Crippen LogP contribution in [0.3, 0.4) is 0 Å². The lowest BCUT2D eigenvalue weighted by atomic mass is 9.87. The van der Waals surface area contributed by atoms with E-state index in [0.717, 1.165) is 47.0 Å². The summed E-state index contributed by atoms with van der Waals surface area (Å²) in [6, 6.07) is 11.1. The summed E-state index contributed by atoms with van der Waals surface area (Å²) in [6.45, 7) is 6.03. The first-order valence-corrected chi connectivity index (χ1v) is 10.4. The second kappa shape index (κ2) is 8.57. The van der Waals surface area contributed by atoms with Crippen LogP contribution in [-0.2, 0) is 12.0 Å². The average molecular weight is 437 g/mol. The number of H-pyrrole nitrogens is 1. The van der Waals surface area contributed by atoms with Crippen molar-refractivity contribution in [2.75, 3.05) is 13.6 Å². The minimum absolute atomic E-state index is 0.0382. The molecule has 0 saturated carbocycles. The molecule has 3 heterocycles. The molecule has 0 saturated heterocycles. The number of hydrogen-bond acceptors (Lipinski definition) is 5. The van der Waals surface area contributed by atoms with Crippen molar-refractivity contribution in [3.63, 3.8) is 0 Å². The molecule has 0 unspecified atom stereocenters. The molecule has 0 aliphatic rings. The first-order valence-electron chi connectivity index (χ1n) is 10.0. The molecule has 6 nitrogen and oxygen atoms in total. The highest BCUT2D eigenvalue weighted by atomic mass is 35.5. The normalized spacial score (nSPS) is 11.9. The summed E-state index contributed by atoms with van der Waals surface area (Å²) in [5, 5.41) is 10.2. The molecule has 0 aliphatic heterocycles. The van der Waals surface area contributed by atoms with Gasteiger partial charge in [0.25, 0.3) is 0 Å². The van der Waals surface area contributed by atoms with Crippen molar-refractivity contribution < 1.29 is 9.52 Å². The second-order valence-corrected chi connectivity index (χ2v) is 8.83. The molecule has 4 aromatic rings. The molecule has 160 valence electrons. The van der Waals surface area contributed by atoms with E-state index in [1.165, 1.54) is 0 Å². The zero-order chi connectivity index (χ0) is 22.0. The van der Waals surface area contributed by atoms with Gasteiger partial charge in [-0.15, -0.1) is 0 Å². The van der Waals surface area contributed by atoms with Gasteiger partial charge in [-0.05, 0) is 37.4 Å². The maximum Gasteiger partial charge on any atom is 0.138 e. The van der Waals surface area contributed by atoms with Crippen LogP contribution in [0, 0.1) is 0 Å². The Labute approximate surface area is 186 Å². The number of aromatic hydroxyl groups is 1. The van der Waals surface area contributed by atoms with Crippen molar-refractivity contribution in [3.05, 3.63) is 77.6 Å². The third kappa shape index (κ3) is 4.81. The van der Waals surface area contributed by atoms with Gasteiger partial charge in [0, 0.05) is 53.3 Å². The Kier molecular flexibility index (Phi) is 5.85. The van der Waals surface area contributed by atoms with Gasteiger partial charge in [-0.2, -0.15) is 0 Å². The largest absolute Gasteiger partial charge is 0.506 e. The van der Waals surface area contributed by atoms with E-state index in [1.54, 1.807) is 24.7 Å². The summed E-state index contributed by atoms with van der Waals surface area (Å²) in [4.78, 5) is 14.8. The van der Waals surface area contributed by atoms with Crippen molar-refractivity contribution in [3.8, 4) is 28.4 Å². The van der Waals surface area contributed by atoms with E-state index in [2.05, 4.69) is 41.8 Å². The molecule has 4 rings (SSSR count). The first-order chi connectivity index (χ1) is 14.8. The lowest BCUT2D eigenvalue weighted by molar-refractivity contribution is 0.257. The quantitative estimate of drug-likeness (QED) is 0.400. The lowest BCUT2D eigenvalue weighted by Crippen LogP contribution is -2.34. The zero-order valence-corrected chi connectivity index (χ0v) is 18.5. The number of hydrogen-bond donors (Lipinski definition) is 2. The summed E-state index contributed by atoms with van der Waals surface area (Å²) in [7, 11) is 2.10. The van der Waals surface area contributed by atoms with Gasteiger partial charge in [0.2, 0.25) is 0 Å². The van der Waals surface area contributed by atoms with E-state index in [1.807, 2.05) is 30.6 Å². The number of benzene rings is 1. The van der Waals surface area contributed by atoms with Crippen LogP contribution in [0.25, 0.3) is 22.6 Å². The molecule has 0 radical (unpaired) electrons. The van der Waals surface area contributed by atoms with Crippen LogP contribution in [-0.4, -0.2) is 38.6 Å². The van der Waals surface area contributed by atoms with Crippen LogP contribution in [0.1, 0.15) is 25.1 Å². The molecule has 0 fully saturated rings. The minimum atomic E-state index is -0.161. The second-order valence-electron chi connectivity index (χ2n) is 8.42. The molecule has 0 spiro atoms. The number of aromatic nitrogens is 3. The van der Waals surface area contributed by atoms with Gasteiger partial charge in [0.05, 0.1) is 23.2 Å². The Hall–Kier alpha value is -3.09. The predicted molar refractivity (Wildman–Crippen MR) is 122 cm³/mol. The number of furan rings is 1. The number of phenols is 1. The Morgan fingerprint density at radius 1 is 1.16 bits per heavy atom. The number of nitrogens with zero attached hydrogens (tertiary/aromatic N) is 3. The van der Waals surface area contributed by atoms with Gasteiger partial charge in [0.1, 0.15) is 11.6 Å². The highest BCUT2D eigenvalue weighted by Crippen LogP contribution is 2.31. The highest BCUT2D eigenvalue weighted by Gasteiger charge is 2.25. The smallest absolute Gasteiger partial charge is 0.138 e. The van der Waals surface area contributed by atoms with Crippen LogP contribution in [0.15, 0.2) is 65.7 Å². The van der Waals surface area contributed by atoms with E-state index >= 15 is 0 Å². The van der Waals surface area contributed by atoms with Crippen molar-refractivity contribution in [1.29, 1.82) is 0 Å². The van der Waals surface area contributed by atoms with Crippen LogP contribution in [0.4, 0.5) is 0 Å². The first kappa shape index (κ1) is 21.2. The van der Waals surface area contributed by atoms with Crippen LogP contribution in [0.2, 0.25) is 5.02 Å². The van der Waals surface area contributed by atoms with Gasteiger partial charge in [-0.25, -0.2) is 4.98 Å². The number of imidazole rings is 1. The van der Waals surface area contributed by atoms with E-state index < -0.39 is 0 Å². The lowest BCUT2D eigenvalue weighted by Gasteiger charge is -2.30. The third-order valence-corrected chi connectivity index (χ3v) is 5.56. The number of rotatable bonds is 7. The topological polar surface area (TPSA) is 78.2 Å². The molecule has 3 aromatic heterocycles. The van der Waals surface area contributed by atoms with E-state index in [-0.39, 0.29) is 11.2 Å². The molecular formula is C24H25ClN4O2. The number of aromatic amines is 1. The highest BCUT2D eigenvalue weighted by molar-refractivity contribution is 6.32. The fourth-order valence-corrected chi connectivity index (χ4v) is 3.86. The zero-order valence-electron chi connectivity index (χ0n) is 17.8. The number of phenolic OH excluding ortho intramolecular Hbond substituents is 1. The van der Waals surface area contributed by atoms with E-state index in [9.17, 15) is 5.11 Å². The Morgan fingerprint density at radius 3 is 2.74 bits per heavy atom. The number of halogens is 1.